The quantitative estimate of drug-likeness (QED) is 0.142. The molecule has 0 aromatic rings. The second-order valence-corrected chi connectivity index (χ2v) is 9.09. The Balaban J connectivity index is 0. The molecule has 186 valence electrons. The third-order valence-electron chi connectivity index (χ3n) is 5.35. The Bertz CT molecular complexity index is 379. The SMILES string of the molecule is CCCCCCCCCCCC(=O)O.CCCCCCCCCCCC(=O)OC(C)C. The number of aliphatic carboxylic acids is 1. The van der Waals surface area contributed by atoms with Gasteiger partial charge in [0.2, 0.25) is 0 Å². The van der Waals surface area contributed by atoms with Gasteiger partial charge in [-0.2, -0.15) is 0 Å². The number of ether oxygens (including phenoxy) is 1. The molecule has 0 spiro atoms. The topological polar surface area (TPSA) is 63.6 Å². The number of hydrogen-bond donors (Lipinski definition) is 1. The van der Waals surface area contributed by atoms with Crippen LogP contribution in [0.15, 0.2) is 0 Å². The number of carboxylic acids is 1. The fourth-order valence-corrected chi connectivity index (χ4v) is 3.49. The van der Waals surface area contributed by atoms with Crippen LogP contribution in [0.25, 0.3) is 0 Å². The number of hydrogen-bond acceptors (Lipinski definition) is 3. The largest absolute Gasteiger partial charge is 0.481 e. The van der Waals surface area contributed by atoms with E-state index in [-0.39, 0.29) is 12.1 Å². The maximum Gasteiger partial charge on any atom is 0.306 e. The first-order chi connectivity index (χ1) is 14.9. The normalized spacial score (nSPS) is 10.6. The Kier molecular flexibility index (Phi) is 28.0. The van der Waals surface area contributed by atoms with Crippen LogP contribution < -0.4 is 0 Å². The number of carbonyl (C=O) groups is 2. The molecular formula is C27H54O4. The Hall–Kier alpha value is -1.06. The lowest BCUT2D eigenvalue weighted by Gasteiger charge is -2.07. The average molecular weight is 443 g/mol. The van der Waals surface area contributed by atoms with E-state index in [9.17, 15) is 9.59 Å². The summed E-state index contributed by atoms with van der Waals surface area (Å²) in [6, 6.07) is 0. The van der Waals surface area contributed by atoms with Gasteiger partial charge in [0.25, 0.3) is 0 Å². The van der Waals surface area contributed by atoms with E-state index in [4.69, 9.17) is 9.84 Å². The molecule has 0 rings (SSSR count). The first kappa shape index (κ1) is 32.1. The van der Waals surface area contributed by atoms with Crippen molar-refractivity contribution < 1.29 is 19.4 Å². The summed E-state index contributed by atoms with van der Waals surface area (Å²) in [5, 5.41) is 8.41. The number of esters is 1. The third kappa shape index (κ3) is 33.8. The highest BCUT2D eigenvalue weighted by Crippen LogP contribution is 2.11. The molecule has 0 saturated heterocycles. The lowest BCUT2D eigenvalue weighted by atomic mass is 10.1. The molecule has 0 aliphatic carbocycles. The molecule has 4 nitrogen and oxygen atoms in total. The van der Waals surface area contributed by atoms with E-state index in [0.717, 1.165) is 19.3 Å². The van der Waals surface area contributed by atoms with Crippen molar-refractivity contribution in [2.45, 2.75) is 162 Å². The van der Waals surface area contributed by atoms with Crippen molar-refractivity contribution in [1.29, 1.82) is 0 Å². The number of rotatable bonds is 21. The maximum absolute atomic E-state index is 11.2. The highest BCUT2D eigenvalue weighted by molar-refractivity contribution is 5.69. The molecule has 0 heterocycles. The second kappa shape index (κ2) is 27.0. The average Bonchev–Trinajstić information content (AvgIpc) is 2.71. The predicted molar refractivity (Wildman–Crippen MR) is 133 cm³/mol. The zero-order valence-corrected chi connectivity index (χ0v) is 21.4. The van der Waals surface area contributed by atoms with Gasteiger partial charge in [-0.1, -0.05) is 117 Å². The van der Waals surface area contributed by atoms with Crippen molar-refractivity contribution in [3.63, 3.8) is 0 Å². The third-order valence-corrected chi connectivity index (χ3v) is 5.35. The monoisotopic (exact) mass is 442 g/mol. The minimum Gasteiger partial charge on any atom is -0.481 e. The van der Waals surface area contributed by atoms with Crippen molar-refractivity contribution in [3.05, 3.63) is 0 Å². The van der Waals surface area contributed by atoms with Gasteiger partial charge in [0.1, 0.15) is 0 Å². The fourth-order valence-electron chi connectivity index (χ4n) is 3.49. The van der Waals surface area contributed by atoms with Crippen molar-refractivity contribution in [2.75, 3.05) is 0 Å². The van der Waals surface area contributed by atoms with Crippen LogP contribution in [0, 0.1) is 0 Å². The molecular weight excluding hydrogens is 388 g/mol. The van der Waals surface area contributed by atoms with Gasteiger partial charge < -0.3 is 9.84 Å². The van der Waals surface area contributed by atoms with Gasteiger partial charge in [0.15, 0.2) is 0 Å². The molecule has 0 atom stereocenters. The molecule has 1 N–H and O–H groups in total. The van der Waals surface area contributed by atoms with E-state index >= 15 is 0 Å². The first-order valence-corrected chi connectivity index (χ1v) is 13.3. The van der Waals surface area contributed by atoms with E-state index in [1.165, 1.54) is 96.3 Å². The van der Waals surface area contributed by atoms with Crippen LogP contribution >= 0.6 is 0 Å². The molecule has 0 aromatic carbocycles. The number of carbonyl (C=O) groups excluding carboxylic acids is 1. The summed E-state index contributed by atoms with van der Waals surface area (Å²) < 4.78 is 5.08. The van der Waals surface area contributed by atoms with Crippen molar-refractivity contribution in [1.82, 2.24) is 0 Å². The summed E-state index contributed by atoms with van der Waals surface area (Å²) in [7, 11) is 0. The van der Waals surface area contributed by atoms with Gasteiger partial charge in [-0.15, -0.1) is 0 Å². The molecule has 0 aliphatic heterocycles. The first-order valence-electron chi connectivity index (χ1n) is 13.3. The number of carboxylic acid groups (broad SMARTS) is 1. The Morgan fingerprint density at radius 3 is 1.23 bits per heavy atom. The maximum atomic E-state index is 11.2. The smallest absolute Gasteiger partial charge is 0.306 e. The van der Waals surface area contributed by atoms with Crippen LogP contribution in [0.3, 0.4) is 0 Å². The van der Waals surface area contributed by atoms with Crippen LogP contribution in [0.1, 0.15) is 156 Å². The molecule has 0 aliphatic rings. The molecule has 0 saturated carbocycles. The minimum atomic E-state index is -0.659. The zero-order valence-electron chi connectivity index (χ0n) is 21.4. The molecule has 0 unspecified atom stereocenters. The lowest BCUT2D eigenvalue weighted by molar-refractivity contribution is -0.147. The van der Waals surface area contributed by atoms with E-state index < -0.39 is 5.97 Å². The van der Waals surface area contributed by atoms with Crippen molar-refractivity contribution >= 4 is 11.9 Å². The molecule has 0 amide bonds. The lowest BCUT2D eigenvalue weighted by Crippen LogP contribution is -2.10. The van der Waals surface area contributed by atoms with Crippen LogP contribution in [-0.2, 0) is 14.3 Å². The standard InChI is InChI=1S/C15H30O2.C12H24O2/c1-4-5-6-7-8-9-10-11-12-13-15(16)17-14(2)3;1-2-3-4-5-6-7-8-9-10-11-12(13)14/h14H,4-13H2,1-3H3;2-11H2,1H3,(H,13,14). The van der Waals surface area contributed by atoms with Crippen LogP contribution in [0.5, 0.6) is 0 Å². The fraction of sp³-hybridized carbons (Fsp3) is 0.926. The van der Waals surface area contributed by atoms with Crippen LogP contribution in [0.4, 0.5) is 0 Å². The molecule has 4 heteroatoms. The molecule has 0 bridgehead atoms. The highest BCUT2D eigenvalue weighted by Gasteiger charge is 2.04. The molecule has 31 heavy (non-hydrogen) atoms. The summed E-state index contributed by atoms with van der Waals surface area (Å²) in [4.78, 5) is 21.4. The summed E-state index contributed by atoms with van der Waals surface area (Å²) in [6.45, 7) is 8.27. The molecule has 0 aromatic heterocycles. The van der Waals surface area contributed by atoms with E-state index in [0.29, 0.717) is 12.8 Å². The summed E-state index contributed by atoms with van der Waals surface area (Å²) in [5.41, 5.74) is 0. The zero-order chi connectivity index (χ0) is 23.6. The van der Waals surface area contributed by atoms with E-state index in [1.807, 2.05) is 13.8 Å². The summed E-state index contributed by atoms with van der Waals surface area (Å²) in [5.74, 6) is -0.698. The molecule has 0 fully saturated rings. The van der Waals surface area contributed by atoms with Crippen LogP contribution in [-0.4, -0.2) is 23.1 Å². The van der Waals surface area contributed by atoms with Gasteiger partial charge in [-0.3, -0.25) is 9.59 Å². The summed E-state index contributed by atoms with van der Waals surface area (Å²) in [6.07, 6.45) is 23.7. The summed E-state index contributed by atoms with van der Waals surface area (Å²) >= 11 is 0. The Morgan fingerprint density at radius 1 is 0.581 bits per heavy atom. The molecule has 0 radical (unpaired) electrons. The van der Waals surface area contributed by atoms with Crippen LogP contribution in [0.2, 0.25) is 0 Å². The minimum absolute atomic E-state index is 0.0288. The Labute approximate surface area is 193 Å². The van der Waals surface area contributed by atoms with E-state index in [2.05, 4.69) is 13.8 Å². The predicted octanol–water partition coefficient (Wildman–Crippen LogP) is 8.85. The van der Waals surface area contributed by atoms with Gasteiger partial charge in [-0.05, 0) is 26.7 Å². The van der Waals surface area contributed by atoms with Crippen molar-refractivity contribution in [2.24, 2.45) is 0 Å². The Morgan fingerprint density at radius 2 is 0.903 bits per heavy atom. The van der Waals surface area contributed by atoms with Gasteiger partial charge >= 0.3 is 11.9 Å². The van der Waals surface area contributed by atoms with Gasteiger partial charge in [0, 0.05) is 12.8 Å². The van der Waals surface area contributed by atoms with Gasteiger partial charge in [-0.25, -0.2) is 0 Å². The van der Waals surface area contributed by atoms with Gasteiger partial charge in [0.05, 0.1) is 6.10 Å². The highest BCUT2D eigenvalue weighted by atomic mass is 16.5. The van der Waals surface area contributed by atoms with Crippen molar-refractivity contribution in [3.8, 4) is 0 Å². The second-order valence-electron chi connectivity index (χ2n) is 9.09. The van der Waals surface area contributed by atoms with E-state index in [1.54, 1.807) is 0 Å². The number of unbranched alkanes of at least 4 members (excludes halogenated alkanes) is 16.